The fraction of sp³-hybridized carbons (Fsp3) is 0.294. The molecule has 0 saturated carbocycles. The molecule has 2 aromatic rings. The molecule has 21 heavy (non-hydrogen) atoms. The summed E-state index contributed by atoms with van der Waals surface area (Å²) in [5, 5.41) is 12.3. The molecule has 0 aliphatic rings. The van der Waals surface area contributed by atoms with Gasteiger partial charge in [-0.2, -0.15) is 0 Å². The SMILES string of the molecule is CC(Nc1cccc(CCCO)c1)c1ccc(F)cc1Br. The minimum Gasteiger partial charge on any atom is -0.396 e. The molecule has 0 spiro atoms. The first-order valence-electron chi connectivity index (χ1n) is 7.01. The highest BCUT2D eigenvalue weighted by Crippen LogP contribution is 2.27. The van der Waals surface area contributed by atoms with Gasteiger partial charge in [-0.1, -0.05) is 34.1 Å². The van der Waals surface area contributed by atoms with Gasteiger partial charge in [-0.3, -0.25) is 0 Å². The maximum Gasteiger partial charge on any atom is 0.124 e. The second-order valence-corrected chi connectivity index (χ2v) is 5.91. The zero-order valence-corrected chi connectivity index (χ0v) is 13.5. The molecule has 1 atom stereocenters. The molecule has 0 amide bonds. The number of rotatable bonds is 6. The molecule has 2 N–H and O–H groups in total. The summed E-state index contributed by atoms with van der Waals surface area (Å²) < 4.78 is 13.9. The lowest BCUT2D eigenvalue weighted by molar-refractivity contribution is 0.288. The second-order valence-electron chi connectivity index (χ2n) is 5.06. The van der Waals surface area contributed by atoms with E-state index in [0.717, 1.165) is 28.6 Å². The molecule has 0 saturated heterocycles. The van der Waals surface area contributed by atoms with Gasteiger partial charge < -0.3 is 10.4 Å². The van der Waals surface area contributed by atoms with E-state index in [1.54, 1.807) is 6.07 Å². The maximum atomic E-state index is 13.1. The number of halogens is 2. The van der Waals surface area contributed by atoms with Gasteiger partial charge in [0.25, 0.3) is 0 Å². The normalized spacial score (nSPS) is 12.2. The van der Waals surface area contributed by atoms with Gasteiger partial charge in [-0.15, -0.1) is 0 Å². The molecule has 0 bridgehead atoms. The average molecular weight is 352 g/mol. The van der Waals surface area contributed by atoms with E-state index in [1.807, 2.05) is 19.1 Å². The minimum absolute atomic E-state index is 0.0630. The Balaban J connectivity index is 2.10. The zero-order valence-electron chi connectivity index (χ0n) is 11.9. The zero-order chi connectivity index (χ0) is 15.2. The number of benzene rings is 2. The van der Waals surface area contributed by atoms with Crippen LogP contribution in [-0.4, -0.2) is 11.7 Å². The molecule has 0 aromatic heterocycles. The predicted octanol–water partition coefficient (Wildman–Crippen LogP) is 4.69. The van der Waals surface area contributed by atoms with Gasteiger partial charge in [0, 0.05) is 22.8 Å². The van der Waals surface area contributed by atoms with E-state index in [-0.39, 0.29) is 18.5 Å². The summed E-state index contributed by atoms with van der Waals surface area (Å²) in [6, 6.07) is 12.9. The predicted molar refractivity (Wildman–Crippen MR) is 88.0 cm³/mol. The van der Waals surface area contributed by atoms with Gasteiger partial charge in [0.05, 0.1) is 0 Å². The van der Waals surface area contributed by atoms with Crippen LogP contribution in [0, 0.1) is 5.82 Å². The molecule has 112 valence electrons. The van der Waals surface area contributed by atoms with Crippen LogP contribution < -0.4 is 5.32 Å². The molecule has 4 heteroatoms. The van der Waals surface area contributed by atoms with Crippen LogP contribution in [0.2, 0.25) is 0 Å². The van der Waals surface area contributed by atoms with Crippen LogP contribution in [0.25, 0.3) is 0 Å². The molecule has 0 radical (unpaired) electrons. The van der Waals surface area contributed by atoms with Crippen LogP contribution >= 0.6 is 15.9 Å². The van der Waals surface area contributed by atoms with Crippen molar-refractivity contribution < 1.29 is 9.50 Å². The topological polar surface area (TPSA) is 32.3 Å². The van der Waals surface area contributed by atoms with E-state index in [2.05, 4.69) is 33.4 Å². The number of hydrogen-bond donors (Lipinski definition) is 2. The third-order valence-electron chi connectivity index (χ3n) is 3.36. The number of aliphatic hydroxyl groups is 1. The highest BCUT2D eigenvalue weighted by molar-refractivity contribution is 9.10. The van der Waals surface area contributed by atoms with Crippen molar-refractivity contribution in [1.29, 1.82) is 0 Å². The number of hydrogen-bond acceptors (Lipinski definition) is 2. The number of nitrogens with one attached hydrogen (secondary N) is 1. The highest BCUT2D eigenvalue weighted by atomic mass is 79.9. The van der Waals surface area contributed by atoms with Crippen LogP contribution in [0.3, 0.4) is 0 Å². The summed E-state index contributed by atoms with van der Waals surface area (Å²) in [6.45, 7) is 2.25. The lowest BCUT2D eigenvalue weighted by atomic mass is 10.1. The summed E-state index contributed by atoms with van der Waals surface area (Å²) in [6.07, 6.45) is 1.63. The molecule has 0 aliphatic carbocycles. The largest absolute Gasteiger partial charge is 0.396 e. The molecule has 0 fully saturated rings. The lowest BCUT2D eigenvalue weighted by Gasteiger charge is -2.18. The van der Waals surface area contributed by atoms with Gasteiger partial charge in [-0.05, 0) is 55.2 Å². The first-order chi connectivity index (χ1) is 10.1. The van der Waals surface area contributed by atoms with Crippen molar-refractivity contribution in [3.05, 3.63) is 63.9 Å². The summed E-state index contributed by atoms with van der Waals surface area (Å²) in [4.78, 5) is 0. The first kappa shape index (κ1) is 16.0. The lowest BCUT2D eigenvalue weighted by Crippen LogP contribution is -2.07. The Hall–Kier alpha value is -1.39. The van der Waals surface area contributed by atoms with Gasteiger partial charge in [0.1, 0.15) is 5.82 Å². The fourth-order valence-electron chi connectivity index (χ4n) is 2.28. The van der Waals surface area contributed by atoms with E-state index >= 15 is 0 Å². The summed E-state index contributed by atoms with van der Waals surface area (Å²) in [5.41, 5.74) is 3.23. The van der Waals surface area contributed by atoms with Crippen LogP contribution in [0.15, 0.2) is 46.9 Å². The Morgan fingerprint density at radius 2 is 2.05 bits per heavy atom. The van der Waals surface area contributed by atoms with Crippen molar-refractivity contribution in [2.75, 3.05) is 11.9 Å². The number of aliphatic hydroxyl groups excluding tert-OH is 1. The van der Waals surface area contributed by atoms with Crippen molar-refractivity contribution in [1.82, 2.24) is 0 Å². The van der Waals surface area contributed by atoms with E-state index in [4.69, 9.17) is 5.11 Å². The van der Waals surface area contributed by atoms with Crippen molar-refractivity contribution in [3.63, 3.8) is 0 Å². The monoisotopic (exact) mass is 351 g/mol. The Morgan fingerprint density at radius 3 is 2.76 bits per heavy atom. The molecule has 2 aromatic carbocycles. The van der Waals surface area contributed by atoms with Crippen molar-refractivity contribution in [2.24, 2.45) is 0 Å². The molecule has 2 nitrogen and oxygen atoms in total. The van der Waals surface area contributed by atoms with Gasteiger partial charge in [0.2, 0.25) is 0 Å². The third-order valence-corrected chi connectivity index (χ3v) is 4.05. The molecule has 0 aliphatic heterocycles. The highest BCUT2D eigenvalue weighted by Gasteiger charge is 2.10. The Bertz CT molecular complexity index is 603. The Kier molecular flexibility index (Phi) is 5.76. The van der Waals surface area contributed by atoms with Crippen LogP contribution in [0.1, 0.15) is 30.5 Å². The number of aryl methyl sites for hydroxylation is 1. The third kappa shape index (κ3) is 4.55. The average Bonchev–Trinajstić information content (AvgIpc) is 2.45. The van der Waals surface area contributed by atoms with Gasteiger partial charge in [0.15, 0.2) is 0 Å². The summed E-state index contributed by atoms with van der Waals surface area (Å²) in [5.74, 6) is -0.246. The molecule has 1 unspecified atom stereocenters. The smallest absolute Gasteiger partial charge is 0.124 e. The fourth-order valence-corrected chi connectivity index (χ4v) is 2.97. The standard InChI is InChI=1S/C17H19BrFNO/c1-12(16-8-7-14(19)11-17(16)18)20-15-6-2-4-13(10-15)5-3-9-21/h2,4,6-8,10-12,20-21H,3,5,9H2,1H3. The summed E-state index contributed by atoms with van der Waals surface area (Å²) in [7, 11) is 0. The molecular weight excluding hydrogens is 333 g/mol. The van der Waals surface area contributed by atoms with E-state index in [0.29, 0.717) is 0 Å². The van der Waals surface area contributed by atoms with E-state index in [9.17, 15) is 4.39 Å². The molecule has 2 rings (SSSR count). The minimum atomic E-state index is -0.246. The molecular formula is C17H19BrFNO. The van der Waals surface area contributed by atoms with Crippen molar-refractivity contribution in [3.8, 4) is 0 Å². The van der Waals surface area contributed by atoms with E-state index in [1.165, 1.54) is 17.7 Å². The second kappa shape index (κ2) is 7.57. The van der Waals surface area contributed by atoms with Crippen LogP contribution in [-0.2, 0) is 6.42 Å². The van der Waals surface area contributed by atoms with Crippen LogP contribution in [0.4, 0.5) is 10.1 Å². The van der Waals surface area contributed by atoms with E-state index < -0.39 is 0 Å². The number of anilines is 1. The summed E-state index contributed by atoms with van der Waals surface area (Å²) >= 11 is 3.40. The first-order valence-corrected chi connectivity index (χ1v) is 7.80. The Morgan fingerprint density at radius 1 is 1.24 bits per heavy atom. The van der Waals surface area contributed by atoms with Crippen molar-refractivity contribution in [2.45, 2.75) is 25.8 Å². The van der Waals surface area contributed by atoms with Crippen molar-refractivity contribution >= 4 is 21.6 Å². The van der Waals surface area contributed by atoms with Gasteiger partial charge in [-0.25, -0.2) is 4.39 Å². The quantitative estimate of drug-likeness (QED) is 0.791. The Labute approximate surface area is 133 Å². The van der Waals surface area contributed by atoms with Crippen LogP contribution in [0.5, 0.6) is 0 Å². The van der Waals surface area contributed by atoms with Gasteiger partial charge >= 0.3 is 0 Å². The maximum absolute atomic E-state index is 13.1. The molecule has 0 heterocycles.